The lowest BCUT2D eigenvalue weighted by Gasteiger charge is -2.51. The van der Waals surface area contributed by atoms with Gasteiger partial charge >= 0.3 is 0 Å². The van der Waals surface area contributed by atoms with Crippen LogP contribution in [0.15, 0.2) is 84.9 Å². The molecule has 0 aliphatic heterocycles. The van der Waals surface area contributed by atoms with E-state index in [0.29, 0.717) is 0 Å². The number of aryl methyl sites for hydroxylation is 3. The molecule has 0 amide bonds. The fourth-order valence-corrected chi connectivity index (χ4v) is 5.70. The molecule has 0 saturated carbocycles. The maximum Gasteiger partial charge on any atom is 0.185 e. The van der Waals surface area contributed by atoms with Gasteiger partial charge in [-0.1, -0.05) is 78.9 Å². The van der Waals surface area contributed by atoms with E-state index in [-0.39, 0.29) is 5.92 Å². The maximum absolute atomic E-state index is 7.18. The second-order valence-electron chi connectivity index (χ2n) is 8.64. The van der Waals surface area contributed by atoms with E-state index in [2.05, 4.69) is 106 Å². The lowest BCUT2D eigenvalue weighted by molar-refractivity contribution is 0.140. The van der Waals surface area contributed by atoms with Gasteiger partial charge in [0, 0.05) is 22.6 Å². The van der Waals surface area contributed by atoms with Gasteiger partial charge in [0.2, 0.25) is 0 Å². The molecular formula is C29H24O. The van der Waals surface area contributed by atoms with Crippen LogP contribution in [0.4, 0.5) is 0 Å². The molecule has 1 nitrogen and oxygen atoms in total. The molecule has 2 bridgehead atoms. The zero-order valence-corrected chi connectivity index (χ0v) is 17.6. The zero-order chi connectivity index (χ0) is 20.5. The normalized spacial score (nSPS) is 20.3. The van der Waals surface area contributed by atoms with Crippen LogP contribution in [0.1, 0.15) is 56.0 Å². The van der Waals surface area contributed by atoms with Crippen molar-refractivity contribution in [3.05, 3.63) is 135 Å². The number of rotatable bonds is 2. The Morgan fingerprint density at radius 2 is 1.17 bits per heavy atom. The predicted molar refractivity (Wildman–Crippen MR) is 121 cm³/mol. The minimum atomic E-state index is -0.639. The van der Waals surface area contributed by atoms with E-state index >= 15 is 0 Å². The van der Waals surface area contributed by atoms with Crippen molar-refractivity contribution >= 4 is 0 Å². The van der Waals surface area contributed by atoms with Gasteiger partial charge in [-0.2, -0.15) is 0 Å². The van der Waals surface area contributed by atoms with Crippen molar-refractivity contribution in [2.75, 3.05) is 0 Å². The fourth-order valence-electron chi connectivity index (χ4n) is 5.70. The summed E-state index contributed by atoms with van der Waals surface area (Å²) in [6, 6.07) is 30.6. The highest BCUT2D eigenvalue weighted by molar-refractivity contribution is 5.73. The molecule has 0 saturated heterocycles. The maximum atomic E-state index is 7.18. The van der Waals surface area contributed by atoms with Crippen LogP contribution in [0.3, 0.4) is 0 Å². The molecule has 4 aromatic rings. The standard InChI is InChI=1S/C29H24O/c1-18-10-4-9-15-25(18)30-29-23-13-7-5-11-21(23)27(22-12-6-8-14-24(22)29)26-19(2)16-17-20(3)28(26)29/h4-17,27H,1-3H3. The largest absolute Gasteiger partial charge is 0.473 e. The first kappa shape index (κ1) is 17.5. The molecule has 0 radical (unpaired) electrons. The molecule has 146 valence electrons. The molecule has 0 spiro atoms. The van der Waals surface area contributed by atoms with E-state index < -0.39 is 5.60 Å². The van der Waals surface area contributed by atoms with Crippen molar-refractivity contribution in [3.63, 3.8) is 0 Å². The molecule has 0 heterocycles. The first-order valence-corrected chi connectivity index (χ1v) is 10.7. The van der Waals surface area contributed by atoms with E-state index in [1.54, 1.807) is 0 Å². The van der Waals surface area contributed by atoms with Crippen molar-refractivity contribution in [2.45, 2.75) is 32.3 Å². The predicted octanol–water partition coefficient (Wildman–Crippen LogP) is 6.79. The van der Waals surface area contributed by atoms with Gasteiger partial charge in [-0.15, -0.1) is 0 Å². The SMILES string of the molecule is Cc1ccccc1OC12c3ccccc3C(c3ccccc31)c1c(C)ccc(C)c12. The fraction of sp³-hybridized carbons (Fsp3) is 0.172. The quantitative estimate of drug-likeness (QED) is 0.367. The number of hydrogen-bond acceptors (Lipinski definition) is 1. The molecule has 3 aliphatic rings. The highest BCUT2D eigenvalue weighted by Gasteiger charge is 2.54. The Hall–Kier alpha value is -3.32. The topological polar surface area (TPSA) is 9.23 Å². The van der Waals surface area contributed by atoms with Gasteiger partial charge in [0.05, 0.1) is 0 Å². The van der Waals surface area contributed by atoms with Crippen LogP contribution in [-0.4, -0.2) is 0 Å². The second kappa shape index (κ2) is 6.09. The van der Waals surface area contributed by atoms with Crippen molar-refractivity contribution in [1.82, 2.24) is 0 Å². The van der Waals surface area contributed by atoms with E-state index in [0.717, 1.165) is 11.3 Å². The average molecular weight is 389 g/mol. The minimum absolute atomic E-state index is 0.259. The first-order chi connectivity index (χ1) is 14.6. The molecule has 0 aromatic heterocycles. The smallest absolute Gasteiger partial charge is 0.185 e. The summed E-state index contributed by atoms with van der Waals surface area (Å²) >= 11 is 0. The summed E-state index contributed by atoms with van der Waals surface area (Å²) in [4.78, 5) is 0. The Morgan fingerprint density at radius 1 is 0.600 bits per heavy atom. The molecule has 7 rings (SSSR count). The zero-order valence-electron chi connectivity index (χ0n) is 17.6. The Morgan fingerprint density at radius 3 is 1.83 bits per heavy atom. The minimum Gasteiger partial charge on any atom is -0.473 e. The van der Waals surface area contributed by atoms with Gasteiger partial charge in [-0.05, 0) is 60.2 Å². The van der Waals surface area contributed by atoms with E-state index in [1.807, 2.05) is 0 Å². The summed E-state index contributed by atoms with van der Waals surface area (Å²) in [5.74, 6) is 1.20. The number of hydrogen-bond donors (Lipinski definition) is 0. The molecule has 30 heavy (non-hydrogen) atoms. The third-order valence-electron chi connectivity index (χ3n) is 6.97. The number of ether oxygens (including phenoxy) is 1. The lowest BCUT2D eigenvalue weighted by Crippen LogP contribution is -2.47. The molecule has 0 unspecified atom stereocenters. The summed E-state index contributed by atoms with van der Waals surface area (Å²) in [6.45, 7) is 6.60. The average Bonchev–Trinajstić information content (AvgIpc) is 2.78. The van der Waals surface area contributed by atoms with Crippen molar-refractivity contribution in [1.29, 1.82) is 0 Å². The van der Waals surface area contributed by atoms with Crippen LogP contribution in [0, 0.1) is 20.8 Å². The molecule has 1 heteroatoms. The molecule has 4 aromatic carbocycles. The Kier molecular flexibility index (Phi) is 3.56. The summed E-state index contributed by atoms with van der Waals surface area (Å²) in [5.41, 5.74) is 11.2. The highest BCUT2D eigenvalue weighted by atomic mass is 16.5. The van der Waals surface area contributed by atoms with Crippen LogP contribution in [0.5, 0.6) is 5.75 Å². The monoisotopic (exact) mass is 388 g/mol. The third-order valence-corrected chi connectivity index (χ3v) is 6.97. The van der Waals surface area contributed by atoms with Crippen molar-refractivity contribution < 1.29 is 4.74 Å². The van der Waals surface area contributed by atoms with Gasteiger partial charge < -0.3 is 4.74 Å². The van der Waals surface area contributed by atoms with Gasteiger partial charge in [-0.25, -0.2) is 0 Å². The molecule has 0 N–H and O–H groups in total. The summed E-state index contributed by atoms with van der Waals surface area (Å²) in [5, 5.41) is 0. The summed E-state index contributed by atoms with van der Waals surface area (Å²) in [6.07, 6.45) is 0. The molecule has 0 atom stereocenters. The van der Waals surface area contributed by atoms with Crippen LogP contribution >= 0.6 is 0 Å². The molecule has 0 fully saturated rings. The van der Waals surface area contributed by atoms with E-state index in [9.17, 15) is 0 Å². The Bertz CT molecular complexity index is 1270. The van der Waals surface area contributed by atoms with Crippen LogP contribution in [0.25, 0.3) is 0 Å². The van der Waals surface area contributed by atoms with Crippen LogP contribution in [-0.2, 0) is 5.60 Å². The number of benzene rings is 4. The van der Waals surface area contributed by atoms with Gasteiger partial charge in [0.25, 0.3) is 0 Å². The molecular weight excluding hydrogens is 364 g/mol. The third kappa shape index (κ3) is 2.07. The van der Waals surface area contributed by atoms with Gasteiger partial charge in [0.1, 0.15) is 5.75 Å². The number of para-hydroxylation sites is 1. The lowest BCUT2D eigenvalue weighted by atomic mass is 9.57. The Labute approximate surface area is 178 Å². The summed E-state index contributed by atoms with van der Waals surface area (Å²) < 4.78 is 7.18. The van der Waals surface area contributed by atoms with Crippen LogP contribution in [0.2, 0.25) is 0 Å². The first-order valence-electron chi connectivity index (χ1n) is 10.7. The van der Waals surface area contributed by atoms with E-state index in [4.69, 9.17) is 4.74 Å². The van der Waals surface area contributed by atoms with Crippen molar-refractivity contribution in [2.24, 2.45) is 0 Å². The Balaban J connectivity index is 1.79. The van der Waals surface area contributed by atoms with Crippen LogP contribution < -0.4 is 4.74 Å². The van der Waals surface area contributed by atoms with E-state index in [1.165, 1.54) is 44.5 Å². The van der Waals surface area contributed by atoms with Crippen molar-refractivity contribution in [3.8, 4) is 5.75 Å². The van der Waals surface area contributed by atoms with Gasteiger partial charge in [-0.3, -0.25) is 0 Å². The highest BCUT2D eigenvalue weighted by Crippen LogP contribution is 2.60. The van der Waals surface area contributed by atoms with Gasteiger partial charge in [0.15, 0.2) is 5.60 Å². The second-order valence-corrected chi connectivity index (χ2v) is 8.64. The summed E-state index contributed by atoms with van der Waals surface area (Å²) in [7, 11) is 0. The molecule has 3 aliphatic carbocycles.